The van der Waals surface area contributed by atoms with E-state index in [-0.39, 0.29) is 18.2 Å². The van der Waals surface area contributed by atoms with Gasteiger partial charge in [-0.15, -0.1) is 0 Å². The first-order valence-corrected chi connectivity index (χ1v) is 7.29. The van der Waals surface area contributed by atoms with Crippen molar-refractivity contribution in [2.75, 3.05) is 12.8 Å². The molecule has 5 nitrogen and oxygen atoms in total. The molecule has 2 N–H and O–H groups in total. The van der Waals surface area contributed by atoms with E-state index in [1.807, 2.05) is 0 Å². The van der Waals surface area contributed by atoms with Crippen LogP contribution in [0.15, 0.2) is 24.3 Å². The number of aromatic hydroxyl groups is 1. The molecule has 0 spiro atoms. The number of amides is 1. The van der Waals surface area contributed by atoms with Crippen molar-refractivity contribution in [2.24, 2.45) is 0 Å². The zero-order chi connectivity index (χ0) is 14.0. The first kappa shape index (κ1) is 14.5. The summed E-state index contributed by atoms with van der Waals surface area (Å²) < 4.78 is 21.9. The smallest absolute Gasteiger partial charge is 0.251 e. The molecule has 0 fully saturated rings. The van der Waals surface area contributed by atoms with E-state index in [2.05, 4.69) is 5.32 Å². The van der Waals surface area contributed by atoms with Crippen molar-refractivity contribution < 1.29 is 18.3 Å². The van der Waals surface area contributed by atoms with E-state index in [1.54, 1.807) is 13.8 Å². The molecule has 0 aliphatic carbocycles. The first-order valence-electron chi connectivity index (χ1n) is 5.40. The fourth-order valence-corrected chi connectivity index (χ4v) is 1.47. The lowest BCUT2D eigenvalue weighted by atomic mass is 10.1. The van der Waals surface area contributed by atoms with Crippen LogP contribution in [0, 0.1) is 0 Å². The van der Waals surface area contributed by atoms with Crippen LogP contribution >= 0.6 is 0 Å². The number of benzene rings is 1. The van der Waals surface area contributed by atoms with Gasteiger partial charge in [0, 0.05) is 18.4 Å². The van der Waals surface area contributed by atoms with Gasteiger partial charge in [-0.05, 0) is 38.1 Å². The van der Waals surface area contributed by atoms with E-state index in [1.165, 1.54) is 24.3 Å². The Morgan fingerprint density at radius 1 is 1.28 bits per heavy atom. The standard InChI is InChI=1S/C12H17NO4S/c1-12(2,18(3,16)17)8-13-11(15)9-4-6-10(14)7-5-9/h4-7,14H,8H2,1-3H3,(H,13,15). The van der Waals surface area contributed by atoms with Gasteiger partial charge in [-0.1, -0.05) is 0 Å². The zero-order valence-electron chi connectivity index (χ0n) is 10.6. The summed E-state index contributed by atoms with van der Waals surface area (Å²) in [7, 11) is -3.24. The quantitative estimate of drug-likeness (QED) is 0.854. The van der Waals surface area contributed by atoms with E-state index in [0.717, 1.165) is 6.26 Å². The van der Waals surface area contributed by atoms with Crippen LogP contribution in [0.25, 0.3) is 0 Å². The zero-order valence-corrected chi connectivity index (χ0v) is 11.4. The van der Waals surface area contributed by atoms with Crippen molar-refractivity contribution in [1.82, 2.24) is 5.32 Å². The summed E-state index contributed by atoms with van der Waals surface area (Å²) in [6, 6.07) is 5.74. The molecule has 100 valence electrons. The lowest BCUT2D eigenvalue weighted by Crippen LogP contribution is -2.43. The van der Waals surface area contributed by atoms with Gasteiger partial charge in [0.2, 0.25) is 0 Å². The molecule has 1 aromatic rings. The van der Waals surface area contributed by atoms with E-state index >= 15 is 0 Å². The first-order chi connectivity index (χ1) is 8.13. The maximum absolute atomic E-state index is 11.7. The number of hydrogen-bond acceptors (Lipinski definition) is 4. The highest BCUT2D eigenvalue weighted by Crippen LogP contribution is 2.14. The van der Waals surface area contributed by atoms with Crippen LogP contribution in [0.5, 0.6) is 5.75 Å². The molecule has 0 aliphatic rings. The Kier molecular flexibility index (Phi) is 4.01. The monoisotopic (exact) mass is 271 g/mol. The van der Waals surface area contributed by atoms with Crippen molar-refractivity contribution >= 4 is 15.7 Å². The van der Waals surface area contributed by atoms with Crippen LogP contribution in [0.1, 0.15) is 24.2 Å². The molecule has 1 rings (SSSR count). The topological polar surface area (TPSA) is 83.5 Å². The Morgan fingerprint density at radius 2 is 1.78 bits per heavy atom. The summed E-state index contributed by atoms with van der Waals surface area (Å²) in [4.78, 5) is 11.7. The number of nitrogens with one attached hydrogen (secondary N) is 1. The Balaban J connectivity index is 2.70. The summed E-state index contributed by atoms with van der Waals surface area (Å²) in [5.41, 5.74) is 0.372. The van der Waals surface area contributed by atoms with Crippen molar-refractivity contribution in [2.45, 2.75) is 18.6 Å². The molecule has 0 saturated heterocycles. The molecule has 1 amide bonds. The summed E-state index contributed by atoms with van der Waals surface area (Å²) >= 11 is 0. The number of carbonyl (C=O) groups excluding carboxylic acids is 1. The minimum atomic E-state index is -3.24. The Hall–Kier alpha value is -1.56. The van der Waals surface area contributed by atoms with Gasteiger partial charge < -0.3 is 10.4 Å². The number of phenolic OH excluding ortho intramolecular Hbond substituents is 1. The molecule has 0 heterocycles. The third-order valence-corrected chi connectivity index (χ3v) is 4.96. The van der Waals surface area contributed by atoms with Crippen molar-refractivity contribution in [3.05, 3.63) is 29.8 Å². The molecule has 18 heavy (non-hydrogen) atoms. The SMILES string of the molecule is CC(C)(CNC(=O)c1ccc(O)cc1)S(C)(=O)=O. The van der Waals surface area contributed by atoms with Crippen molar-refractivity contribution in [3.8, 4) is 5.75 Å². The number of carbonyl (C=O) groups is 1. The molecular formula is C12H17NO4S. The van der Waals surface area contributed by atoms with E-state index in [4.69, 9.17) is 5.11 Å². The molecule has 0 unspecified atom stereocenters. The van der Waals surface area contributed by atoms with Crippen molar-refractivity contribution in [1.29, 1.82) is 0 Å². The molecule has 0 aliphatic heterocycles. The van der Waals surface area contributed by atoms with Gasteiger partial charge in [0.15, 0.2) is 9.84 Å². The predicted molar refractivity (Wildman–Crippen MR) is 69.4 cm³/mol. The fraction of sp³-hybridized carbons (Fsp3) is 0.417. The van der Waals surface area contributed by atoms with Gasteiger partial charge in [-0.3, -0.25) is 4.79 Å². The average Bonchev–Trinajstić information content (AvgIpc) is 2.25. The van der Waals surface area contributed by atoms with Gasteiger partial charge in [0.25, 0.3) is 5.91 Å². The second kappa shape index (κ2) is 4.97. The third kappa shape index (κ3) is 3.46. The summed E-state index contributed by atoms with van der Waals surface area (Å²) in [6.07, 6.45) is 1.14. The summed E-state index contributed by atoms with van der Waals surface area (Å²) in [5.74, 6) is -0.297. The Morgan fingerprint density at radius 3 is 2.22 bits per heavy atom. The lowest BCUT2D eigenvalue weighted by Gasteiger charge is -2.22. The van der Waals surface area contributed by atoms with E-state index in [9.17, 15) is 13.2 Å². The molecule has 1 aromatic carbocycles. The number of phenols is 1. The van der Waals surface area contributed by atoms with Crippen LogP contribution in [0.4, 0.5) is 0 Å². The molecule has 6 heteroatoms. The van der Waals surface area contributed by atoms with Crippen LogP contribution in [0.2, 0.25) is 0 Å². The van der Waals surface area contributed by atoms with Gasteiger partial charge in [0.1, 0.15) is 5.75 Å². The normalized spacial score (nSPS) is 12.2. The van der Waals surface area contributed by atoms with Gasteiger partial charge >= 0.3 is 0 Å². The highest BCUT2D eigenvalue weighted by molar-refractivity contribution is 7.92. The second-order valence-electron chi connectivity index (χ2n) is 4.76. The minimum absolute atomic E-state index is 0.0333. The third-order valence-electron chi connectivity index (χ3n) is 2.81. The van der Waals surface area contributed by atoms with Crippen LogP contribution in [0.3, 0.4) is 0 Å². The Labute approximate surface area is 107 Å². The van der Waals surface area contributed by atoms with Gasteiger partial charge in [-0.25, -0.2) is 8.42 Å². The molecule has 0 radical (unpaired) electrons. The van der Waals surface area contributed by atoms with Crippen LogP contribution < -0.4 is 5.32 Å². The summed E-state index contributed by atoms with van der Waals surface area (Å²) in [6.45, 7) is 3.14. The second-order valence-corrected chi connectivity index (χ2v) is 7.41. The average molecular weight is 271 g/mol. The van der Waals surface area contributed by atoms with E-state index < -0.39 is 14.6 Å². The van der Waals surface area contributed by atoms with Crippen molar-refractivity contribution in [3.63, 3.8) is 0 Å². The molecule has 0 aromatic heterocycles. The molecule has 0 saturated carbocycles. The van der Waals surface area contributed by atoms with Gasteiger partial charge in [-0.2, -0.15) is 0 Å². The Bertz CT molecular complexity index is 532. The van der Waals surface area contributed by atoms with Gasteiger partial charge in [0.05, 0.1) is 4.75 Å². The van der Waals surface area contributed by atoms with Crippen LogP contribution in [-0.2, 0) is 9.84 Å². The molecule has 0 bridgehead atoms. The summed E-state index contributed by atoms with van der Waals surface area (Å²) in [5, 5.41) is 11.7. The molecule has 0 atom stereocenters. The maximum atomic E-state index is 11.7. The molecular weight excluding hydrogens is 254 g/mol. The highest BCUT2D eigenvalue weighted by atomic mass is 32.2. The predicted octanol–water partition coefficient (Wildman–Crippen LogP) is 0.945. The number of rotatable bonds is 4. The highest BCUT2D eigenvalue weighted by Gasteiger charge is 2.30. The number of hydrogen-bond donors (Lipinski definition) is 2. The van der Waals surface area contributed by atoms with Crippen LogP contribution in [-0.4, -0.2) is 37.0 Å². The number of sulfone groups is 1. The lowest BCUT2D eigenvalue weighted by molar-refractivity contribution is 0.0950. The van der Waals surface area contributed by atoms with E-state index in [0.29, 0.717) is 5.56 Å². The maximum Gasteiger partial charge on any atom is 0.251 e. The fourth-order valence-electron chi connectivity index (χ4n) is 1.14. The minimum Gasteiger partial charge on any atom is -0.508 e. The largest absolute Gasteiger partial charge is 0.508 e.